The quantitative estimate of drug-likeness (QED) is 0.572. The second-order valence-electron chi connectivity index (χ2n) is 3.67. The van der Waals surface area contributed by atoms with Crippen molar-refractivity contribution in [3.63, 3.8) is 0 Å². The molecule has 0 bridgehead atoms. The van der Waals surface area contributed by atoms with E-state index in [-0.39, 0.29) is 7.43 Å². The van der Waals surface area contributed by atoms with Crippen molar-refractivity contribution >= 4 is 0 Å². The predicted molar refractivity (Wildman–Crippen MR) is 42.6 cm³/mol. The van der Waals surface area contributed by atoms with Gasteiger partial charge in [0.25, 0.3) is 0 Å². The van der Waals surface area contributed by atoms with Gasteiger partial charge in [0.2, 0.25) is 0 Å². The summed E-state index contributed by atoms with van der Waals surface area (Å²) in [4.78, 5) is 0. The summed E-state index contributed by atoms with van der Waals surface area (Å²) in [7, 11) is 0. The van der Waals surface area contributed by atoms with E-state index >= 15 is 0 Å². The van der Waals surface area contributed by atoms with E-state index in [2.05, 4.69) is 26.1 Å². The minimum Gasteiger partial charge on any atom is -0.309 e. The molecule has 1 heteroatoms. The van der Waals surface area contributed by atoms with E-state index in [1.54, 1.807) is 0 Å². The van der Waals surface area contributed by atoms with Gasteiger partial charge >= 0.3 is 0 Å². The van der Waals surface area contributed by atoms with E-state index < -0.39 is 0 Å². The fraction of sp³-hybridized carbons (Fsp3) is 1.00. The lowest BCUT2D eigenvalue weighted by atomic mass is 10.1. The maximum absolute atomic E-state index is 3.49. The Labute approximate surface area is 58.8 Å². The molecule has 0 amide bonds. The summed E-state index contributed by atoms with van der Waals surface area (Å²) in [6.07, 6.45) is 2.77. The second kappa shape index (κ2) is 2.70. The van der Waals surface area contributed by atoms with E-state index in [0.29, 0.717) is 5.54 Å². The molecule has 1 rings (SSSR count). The van der Waals surface area contributed by atoms with Crippen molar-refractivity contribution in [2.45, 2.75) is 52.6 Å². The summed E-state index contributed by atoms with van der Waals surface area (Å²) in [6.45, 7) is 6.64. The first-order valence-electron chi connectivity index (χ1n) is 3.36. The van der Waals surface area contributed by atoms with Crippen LogP contribution in [0.1, 0.15) is 41.0 Å². The maximum atomic E-state index is 3.49. The molecule has 0 aromatic carbocycles. The standard InChI is InChI=1S/C7H15N.CH4/c1-7(2,3)8-6-4-5-6;/h6,8H,4-5H2,1-3H3;1H4. The lowest BCUT2D eigenvalue weighted by Gasteiger charge is -2.19. The average molecular weight is 129 g/mol. The molecule has 0 unspecified atom stereocenters. The Kier molecular flexibility index (Phi) is 2.68. The van der Waals surface area contributed by atoms with E-state index in [9.17, 15) is 0 Å². The molecule has 0 aromatic heterocycles. The molecular formula is C8H19N. The molecule has 1 N–H and O–H groups in total. The Morgan fingerprint density at radius 1 is 1.22 bits per heavy atom. The van der Waals surface area contributed by atoms with Crippen molar-refractivity contribution in [1.82, 2.24) is 5.32 Å². The van der Waals surface area contributed by atoms with Crippen molar-refractivity contribution in [3.8, 4) is 0 Å². The Morgan fingerprint density at radius 2 is 1.67 bits per heavy atom. The third-order valence-electron chi connectivity index (χ3n) is 1.21. The van der Waals surface area contributed by atoms with E-state index in [1.165, 1.54) is 12.8 Å². The lowest BCUT2D eigenvalue weighted by molar-refractivity contribution is 0.422. The highest BCUT2D eigenvalue weighted by molar-refractivity contribution is 4.86. The summed E-state index contributed by atoms with van der Waals surface area (Å²) in [5.74, 6) is 0. The molecule has 0 atom stereocenters. The van der Waals surface area contributed by atoms with Crippen LogP contribution in [0.15, 0.2) is 0 Å². The van der Waals surface area contributed by atoms with Crippen LogP contribution < -0.4 is 5.32 Å². The van der Waals surface area contributed by atoms with Gasteiger partial charge in [-0.2, -0.15) is 0 Å². The maximum Gasteiger partial charge on any atom is 0.00990 e. The molecular weight excluding hydrogens is 110 g/mol. The molecule has 0 aromatic rings. The molecule has 1 aliphatic carbocycles. The zero-order chi connectivity index (χ0) is 6.20. The van der Waals surface area contributed by atoms with Crippen molar-refractivity contribution in [3.05, 3.63) is 0 Å². The number of rotatable bonds is 1. The molecule has 1 aliphatic rings. The Hall–Kier alpha value is -0.0400. The summed E-state index contributed by atoms with van der Waals surface area (Å²) in [5, 5.41) is 3.49. The SMILES string of the molecule is C.CC(C)(C)NC1CC1. The molecule has 0 aliphatic heterocycles. The van der Waals surface area contributed by atoms with Gasteiger partial charge in [-0.1, -0.05) is 7.43 Å². The molecule has 0 radical (unpaired) electrons. The smallest absolute Gasteiger partial charge is 0.00990 e. The van der Waals surface area contributed by atoms with E-state index in [0.717, 1.165) is 6.04 Å². The van der Waals surface area contributed by atoms with Gasteiger partial charge in [-0.15, -0.1) is 0 Å². The van der Waals surface area contributed by atoms with Crippen molar-refractivity contribution in [2.75, 3.05) is 0 Å². The van der Waals surface area contributed by atoms with Crippen molar-refractivity contribution in [1.29, 1.82) is 0 Å². The van der Waals surface area contributed by atoms with E-state index in [1.807, 2.05) is 0 Å². The fourth-order valence-electron chi connectivity index (χ4n) is 0.840. The van der Waals surface area contributed by atoms with Crippen LogP contribution in [0.2, 0.25) is 0 Å². The second-order valence-corrected chi connectivity index (χ2v) is 3.67. The molecule has 9 heavy (non-hydrogen) atoms. The highest BCUT2D eigenvalue weighted by Gasteiger charge is 2.25. The predicted octanol–water partition coefficient (Wildman–Crippen LogP) is 2.17. The topological polar surface area (TPSA) is 12.0 Å². The van der Waals surface area contributed by atoms with Gasteiger partial charge in [-0.3, -0.25) is 0 Å². The number of hydrogen-bond donors (Lipinski definition) is 1. The molecule has 1 fully saturated rings. The van der Waals surface area contributed by atoms with Crippen LogP contribution in [-0.4, -0.2) is 11.6 Å². The Balaban J connectivity index is 0.000000640. The lowest BCUT2D eigenvalue weighted by Crippen LogP contribution is -2.37. The third kappa shape index (κ3) is 4.46. The molecule has 56 valence electrons. The van der Waals surface area contributed by atoms with Crippen LogP contribution in [0.4, 0.5) is 0 Å². The van der Waals surface area contributed by atoms with Crippen LogP contribution >= 0.6 is 0 Å². The minimum atomic E-state index is 0. The summed E-state index contributed by atoms with van der Waals surface area (Å²) >= 11 is 0. The molecule has 0 saturated heterocycles. The van der Waals surface area contributed by atoms with Gasteiger partial charge < -0.3 is 5.32 Å². The highest BCUT2D eigenvalue weighted by Crippen LogP contribution is 2.21. The van der Waals surface area contributed by atoms with Gasteiger partial charge in [-0.25, -0.2) is 0 Å². The van der Waals surface area contributed by atoms with Crippen molar-refractivity contribution < 1.29 is 0 Å². The van der Waals surface area contributed by atoms with Gasteiger partial charge in [0.05, 0.1) is 0 Å². The molecule has 1 saturated carbocycles. The van der Waals surface area contributed by atoms with Crippen LogP contribution in [0, 0.1) is 0 Å². The van der Waals surface area contributed by atoms with Crippen molar-refractivity contribution in [2.24, 2.45) is 0 Å². The zero-order valence-electron chi connectivity index (χ0n) is 5.99. The first-order valence-corrected chi connectivity index (χ1v) is 3.36. The van der Waals surface area contributed by atoms with Gasteiger partial charge in [-0.05, 0) is 33.6 Å². The fourth-order valence-corrected chi connectivity index (χ4v) is 0.840. The first kappa shape index (κ1) is 8.96. The normalized spacial score (nSPS) is 19.0. The number of hydrogen-bond acceptors (Lipinski definition) is 1. The summed E-state index contributed by atoms with van der Waals surface area (Å²) < 4.78 is 0. The zero-order valence-corrected chi connectivity index (χ0v) is 5.99. The Morgan fingerprint density at radius 3 is 1.78 bits per heavy atom. The van der Waals surface area contributed by atoms with Gasteiger partial charge in [0.15, 0.2) is 0 Å². The van der Waals surface area contributed by atoms with Crippen LogP contribution in [0.5, 0.6) is 0 Å². The van der Waals surface area contributed by atoms with Crippen LogP contribution in [0.3, 0.4) is 0 Å². The summed E-state index contributed by atoms with van der Waals surface area (Å²) in [5.41, 5.74) is 0.334. The Bertz CT molecular complexity index is 77.1. The third-order valence-corrected chi connectivity index (χ3v) is 1.21. The number of nitrogens with one attached hydrogen (secondary N) is 1. The van der Waals surface area contributed by atoms with Crippen LogP contribution in [0.25, 0.3) is 0 Å². The van der Waals surface area contributed by atoms with Gasteiger partial charge in [0, 0.05) is 11.6 Å². The molecule has 0 spiro atoms. The largest absolute Gasteiger partial charge is 0.309 e. The van der Waals surface area contributed by atoms with E-state index in [4.69, 9.17) is 0 Å². The molecule has 1 nitrogen and oxygen atoms in total. The van der Waals surface area contributed by atoms with Crippen LogP contribution in [-0.2, 0) is 0 Å². The minimum absolute atomic E-state index is 0. The van der Waals surface area contributed by atoms with Gasteiger partial charge in [0.1, 0.15) is 0 Å². The average Bonchev–Trinajstić information content (AvgIpc) is 2.12. The molecule has 0 heterocycles. The monoisotopic (exact) mass is 129 g/mol. The summed E-state index contributed by atoms with van der Waals surface area (Å²) in [6, 6.07) is 0.843. The highest BCUT2D eigenvalue weighted by atomic mass is 15.0. The first-order chi connectivity index (χ1) is 3.58.